The summed E-state index contributed by atoms with van der Waals surface area (Å²) in [6, 6.07) is 13.1. The quantitative estimate of drug-likeness (QED) is 0.674. The van der Waals surface area contributed by atoms with Gasteiger partial charge in [-0.2, -0.15) is 9.78 Å². The summed E-state index contributed by atoms with van der Waals surface area (Å²) < 4.78 is 1.26. The van der Waals surface area contributed by atoms with Gasteiger partial charge >= 0.3 is 6.03 Å². The van der Waals surface area contributed by atoms with Crippen LogP contribution >= 0.6 is 0 Å². The molecule has 0 saturated carbocycles. The summed E-state index contributed by atoms with van der Waals surface area (Å²) in [5, 5.41) is 10.2. The highest BCUT2D eigenvalue weighted by Crippen LogP contribution is 2.22. The van der Waals surface area contributed by atoms with Crippen molar-refractivity contribution in [3.05, 3.63) is 65.9 Å². The Balaban J connectivity index is 1.72. The largest absolute Gasteiger partial charge is 0.342 e. The van der Waals surface area contributed by atoms with Crippen LogP contribution in [0.4, 0.5) is 10.5 Å². The number of benzene rings is 2. The minimum absolute atomic E-state index is 0.0967. The van der Waals surface area contributed by atoms with Gasteiger partial charge in [0.15, 0.2) is 0 Å². The Morgan fingerprint density at radius 3 is 2.43 bits per heavy atom. The summed E-state index contributed by atoms with van der Waals surface area (Å²) in [4.78, 5) is 24.1. The fourth-order valence-corrected chi connectivity index (χ4v) is 2.81. The molecule has 0 saturated heterocycles. The van der Waals surface area contributed by atoms with E-state index in [1.165, 1.54) is 16.3 Å². The number of anilines is 1. The van der Waals surface area contributed by atoms with Crippen LogP contribution in [0.3, 0.4) is 0 Å². The van der Waals surface area contributed by atoms with E-state index in [4.69, 9.17) is 0 Å². The van der Waals surface area contributed by atoms with Crippen LogP contribution in [-0.2, 0) is 10.2 Å². The molecule has 144 valence electrons. The number of hydrogen-bond acceptors (Lipinski definition) is 3. The van der Waals surface area contributed by atoms with Crippen molar-refractivity contribution in [2.45, 2.75) is 26.2 Å². The van der Waals surface area contributed by atoms with Crippen LogP contribution in [0.1, 0.15) is 31.9 Å². The number of aromatic nitrogens is 2. The number of hydrogen-bond donors (Lipinski definition) is 2. The van der Waals surface area contributed by atoms with Gasteiger partial charge in [-0.05, 0) is 40.8 Å². The highest BCUT2D eigenvalue weighted by Gasteiger charge is 2.12. The van der Waals surface area contributed by atoms with Crippen LogP contribution in [-0.4, -0.2) is 28.8 Å². The molecule has 0 spiro atoms. The summed E-state index contributed by atoms with van der Waals surface area (Å²) >= 11 is 0. The Hall–Kier alpha value is -3.41. The van der Waals surface area contributed by atoms with Gasteiger partial charge in [-0.15, -0.1) is 0 Å². The van der Waals surface area contributed by atoms with Gasteiger partial charge in [0.25, 0.3) is 0 Å². The zero-order valence-corrected chi connectivity index (χ0v) is 16.5. The standard InChI is InChI=1S/C22H24N4O2/c1-22(2,3)17-9-5-15(6-10-17)7-12-20(27)25-18-11-8-16-14-24-26(19(16)13-18)21(28)23-4/h5-14H,1-4H3,(H,23,28)(H,25,27). The number of amides is 2. The molecular formula is C22H24N4O2. The van der Waals surface area contributed by atoms with E-state index >= 15 is 0 Å². The number of rotatable bonds is 3. The van der Waals surface area contributed by atoms with Gasteiger partial charge in [-0.25, -0.2) is 4.79 Å². The third-order valence-corrected chi connectivity index (χ3v) is 4.45. The molecule has 1 heterocycles. The summed E-state index contributed by atoms with van der Waals surface area (Å²) in [5.74, 6) is -0.245. The summed E-state index contributed by atoms with van der Waals surface area (Å²) in [6.07, 6.45) is 4.87. The molecule has 1 aromatic heterocycles. The Morgan fingerprint density at radius 2 is 1.79 bits per heavy atom. The van der Waals surface area contributed by atoms with E-state index in [0.717, 1.165) is 10.9 Å². The Kier molecular flexibility index (Phi) is 5.31. The molecule has 3 rings (SSSR count). The van der Waals surface area contributed by atoms with Crippen LogP contribution in [0.15, 0.2) is 54.7 Å². The third-order valence-electron chi connectivity index (χ3n) is 4.45. The first-order chi connectivity index (χ1) is 13.3. The SMILES string of the molecule is CNC(=O)n1ncc2ccc(NC(=O)C=Cc3ccc(C(C)(C)C)cc3)cc21. The maximum atomic E-state index is 12.3. The maximum Gasteiger partial charge on any atom is 0.342 e. The molecule has 0 bridgehead atoms. The van der Waals surface area contributed by atoms with E-state index in [0.29, 0.717) is 11.2 Å². The number of carbonyl (C=O) groups excluding carboxylic acids is 2. The maximum absolute atomic E-state index is 12.3. The van der Waals surface area contributed by atoms with Crippen molar-refractivity contribution in [1.29, 1.82) is 0 Å². The monoisotopic (exact) mass is 376 g/mol. The summed E-state index contributed by atoms with van der Waals surface area (Å²) in [5.41, 5.74) is 3.51. The summed E-state index contributed by atoms with van der Waals surface area (Å²) in [6.45, 7) is 6.49. The lowest BCUT2D eigenvalue weighted by Gasteiger charge is -2.18. The highest BCUT2D eigenvalue weighted by molar-refractivity contribution is 6.03. The molecule has 0 atom stereocenters. The molecule has 0 radical (unpaired) electrons. The van der Waals surface area contributed by atoms with Gasteiger partial charge in [0.1, 0.15) is 0 Å². The predicted octanol–water partition coefficient (Wildman–Crippen LogP) is 4.17. The molecule has 3 aromatic rings. The minimum atomic E-state index is -0.336. The number of nitrogens with one attached hydrogen (secondary N) is 2. The van der Waals surface area contributed by atoms with Crippen molar-refractivity contribution in [2.75, 3.05) is 12.4 Å². The number of carbonyl (C=O) groups is 2. The van der Waals surface area contributed by atoms with Gasteiger partial charge in [0.05, 0.1) is 11.7 Å². The predicted molar refractivity (Wildman–Crippen MR) is 112 cm³/mol. The summed E-state index contributed by atoms with van der Waals surface area (Å²) in [7, 11) is 1.54. The van der Waals surface area contributed by atoms with Gasteiger partial charge in [-0.1, -0.05) is 45.0 Å². The van der Waals surface area contributed by atoms with Gasteiger partial charge < -0.3 is 10.6 Å². The second-order valence-electron chi connectivity index (χ2n) is 7.58. The highest BCUT2D eigenvalue weighted by atomic mass is 16.2. The van der Waals surface area contributed by atoms with Gasteiger partial charge in [0, 0.05) is 24.2 Å². The molecule has 28 heavy (non-hydrogen) atoms. The van der Waals surface area contributed by atoms with E-state index in [1.807, 2.05) is 18.2 Å². The molecule has 0 fully saturated rings. The Morgan fingerprint density at radius 1 is 1.07 bits per heavy atom. The second-order valence-corrected chi connectivity index (χ2v) is 7.58. The average molecular weight is 376 g/mol. The number of fused-ring (bicyclic) bond motifs is 1. The van der Waals surface area contributed by atoms with E-state index in [-0.39, 0.29) is 17.4 Å². The van der Waals surface area contributed by atoms with Crippen molar-refractivity contribution in [1.82, 2.24) is 15.1 Å². The van der Waals surface area contributed by atoms with Crippen LogP contribution in [0, 0.1) is 0 Å². The lowest BCUT2D eigenvalue weighted by atomic mass is 9.87. The number of nitrogens with zero attached hydrogens (tertiary/aromatic N) is 2. The minimum Gasteiger partial charge on any atom is -0.339 e. The van der Waals surface area contributed by atoms with E-state index in [9.17, 15) is 9.59 Å². The lowest BCUT2D eigenvalue weighted by molar-refractivity contribution is -0.111. The lowest BCUT2D eigenvalue weighted by Crippen LogP contribution is -2.25. The Labute approximate surface area is 164 Å². The van der Waals surface area contributed by atoms with Crippen LogP contribution in [0.5, 0.6) is 0 Å². The first kappa shape index (κ1) is 19.4. The zero-order chi connectivity index (χ0) is 20.3. The van der Waals surface area contributed by atoms with Gasteiger partial charge in [-0.3, -0.25) is 4.79 Å². The molecule has 6 nitrogen and oxygen atoms in total. The average Bonchev–Trinajstić information content (AvgIpc) is 3.08. The van der Waals surface area contributed by atoms with Crippen molar-refractivity contribution in [3.8, 4) is 0 Å². The molecule has 2 N–H and O–H groups in total. The molecule has 0 aliphatic heterocycles. The zero-order valence-electron chi connectivity index (χ0n) is 16.5. The van der Waals surface area contributed by atoms with Crippen LogP contribution < -0.4 is 10.6 Å². The molecule has 2 amide bonds. The third kappa shape index (κ3) is 4.28. The van der Waals surface area contributed by atoms with Crippen molar-refractivity contribution in [3.63, 3.8) is 0 Å². The van der Waals surface area contributed by atoms with Crippen LogP contribution in [0.2, 0.25) is 0 Å². The first-order valence-corrected chi connectivity index (χ1v) is 9.07. The molecule has 0 aliphatic carbocycles. The smallest absolute Gasteiger partial charge is 0.339 e. The Bertz CT molecular complexity index is 1040. The second kappa shape index (κ2) is 7.68. The fourth-order valence-electron chi connectivity index (χ4n) is 2.81. The molecule has 0 unspecified atom stereocenters. The molecular weight excluding hydrogens is 352 g/mol. The molecule has 2 aromatic carbocycles. The van der Waals surface area contributed by atoms with Crippen molar-refractivity contribution in [2.24, 2.45) is 0 Å². The van der Waals surface area contributed by atoms with E-state index in [1.54, 1.807) is 31.5 Å². The van der Waals surface area contributed by atoms with Crippen LogP contribution in [0.25, 0.3) is 17.0 Å². The first-order valence-electron chi connectivity index (χ1n) is 9.07. The van der Waals surface area contributed by atoms with E-state index in [2.05, 4.69) is 48.6 Å². The fraction of sp³-hybridized carbons (Fsp3) is 0.227. The van der Waals surface area contributed by atoms with Gasteiger partial charge in [0.2, 0.25) is 5.91 Å². The topological polar surface area (TPSA) is 76.0 Å². The van der Waals surface area contributed by atoms with Crippen molar-refractivity contribution < 1.29 is 9.59 Å². The molecule has 6 heteroatoms. The molecule has 0 aliphatic rings. The normalized spacial score (nSPS) is 11.7. The van der Waals surface area contributed by atoms with Crippen molar-refractivity contribution >= 4 is 34.6 Å². The van der Waals surface area contributed by atoms with E-state index < -0.39 is 0 Å².